The van der Waals surface area contributed by atoms with E-state index in [0.717, 1.165) is 39.1 Å². The maximum atomic E-state index is 11.7. The fraction of sp³-hybridized carbons (Fsp3) is 0.947. The van der Waals surface area contributed by atoms with Crippen LogP contribution in [0.5, 0.6) is 0 Å². The lowest BCUT2D eigenvalue weighted by molar-refractivity contribution is -0.124. The van der Waals surface area contributed by atoms with Crippen LogP contribution in [0, 0.1) is 5.92 Å². The minimum atomic E-state index is 0.252. The highest BCUT2D eigenvalue weighted by Gasteiger charge is 2.23. The summed E-state index contributed by atoms with van der Waals surface area (Å²) >= 11 is 0. The second-order valence-corrected chi connectivity index (χ2v) is 6.69. The van der Waals surface area contributed by atoms with Gasteiger partial charge in [-0.15, -0.1) is 0 Å². The average molecular weight is 360 g/mol. The molecule has 0 N–H and O–H groups in total. The van der Waals surface area contributed by atoms with Crippen molar-refractivity contribution in [1.82, 2.24) is 4.90 Å². The molecule has 0 aliphatic carbocycles. The van der Waals surface area contributed by atoms with E-state index in [1.165, 1.54) is 0 Å². The van der Waals surface area contributed by atoms with E-state index in [-0.39, 0.29) is 12.0 Å². The van der Waals surface area contributed by atoms with Gasteiger partial charge >= 0.3 is 0 Å². The number of likely N-dealkylation sites (tertiary alicyclic amines) is 1. The summed E-state index contributed by atoms with van der Waals surface area (Å²) in [6.45, 7) is 13.3. The largest absolute Gasteiger partial charge is 0.378 e. The van der Waals surface area contributed by atoms with Gasteiger partial charge in [0.1, 0.15) is 5.78 Å². The van der Waals surface area contributed by atoms with Gasteiger partial charge in [-0.25, -0.2) is 0 Å². The fourth-order valence-electron chi connectivity index (χ4n) is 2.85. The second kappa shape index (κ2) is 14.6. The minimum absolute atomic E-state index is 0.252. The van der Waals surface area contributed by atoms with E-state index < -0.39 is 0 Å². The lowest BCUT2D eigenvalue weighted by Crippen LogP contribution is -2.38. The van der Waals surface area contributed by atoms with E-state index in [9.17, 15) is 4.79 Å². The first-order chi connectivity index (χ1) is 12.1. The van der Waals surface area contributed by atoms with Crippen molar-refractivity contribution in [3.63, 3.8) is 0 Å². The number of hydrogen-bond acceptors (Lipinski definition) is 6. The van der Waals surface area contributed by atoms with E-state index in [1.54, 1.807) is 0 Å². The average Bonchev–Trinajstić information content (AvgIpc) is 2.62. The predicted molar refractivity (Wildman–Crippen MR) is 98.0 cm³/mol. The molecule has 1 saturated heterocycles. The first kappa shape index (κ1) is 22.5. The molecule has 0 radical (unpaired) electrons. The van der Waals surface area contributed by atoms with Crippen LogP contribution in [0.15, 0.2) is 0 Å². The predicted octanol–water partition coefficient (Wildman–Crippen LogP) is 2.15. The van der Waals surface area contributed by atoms with Crippen molar-refractivity contribution in [2.24, 2.45) is 5.92 Å². The molecule has 1 aliphatic heterocycles. The van der Waals surface area contributed by atoms with Gasteiger partial charge in [-0.1, -0.05) is 6.92 Å². The van der Waals surface area contributed by atoms with Crippen LogP contribution in [0.4, 0.5) is 0 Å². The van der Waals surface area contributed by atoms with Crippen molar-refractivity contribution < 1.29 is 23.7 Å². The Morgan fingerprint density at radius 2 is 1.44 bits per heavy atom. The van der Waals surface area contributed by atoms with Crippen molar-refractivity contribution in [2.45, 2.75) is 46.1 Å². The number of carbonyl (C=O) groups is 1. The van der Waals surface area contributed by atoms with Gasteiger partial charge in [-0.2, -0.15) is 0 Å². The Kier molecular flexibility index (Phi) is 13.2. The standard InChI is InChI=1S/C19H37NO5/c1-4-19(21)18-5-7-20(8-6-18)9-10-22-11-12-23-13-14-24-15-16-25-17(2)3/h17-18H,4-16H2,1-3H3. The maximum absolute atomic E-state index is 11.7. The van der Waals surface area contributed by atoms with Crippen LogP contribution in [-0.2, 0) is 23.7 Å². The van der Waals surface area contributed by atoms with Crippen molar-refractivity contribution in [2.75, 3.05) is 65.9 Å². The van der Waals surface area contributed by atoms with Crippen molar-refractivity contribution >= 4 is 5.78 Å². The Labute approximate surface area is 153 Å². The topological polar surface area (TPSA) is 57.2 Å². The summed E-state index contributed by atoms with van der Waals surface area (Å²) in [6, 6.07) is 0. The SMILES string of the molecule is CCC(=O)C1CCN(CCOCCOCCOCCOC(C)C)CC1. The summed E-state index contributed by atoms with van der Waals surface area (Å²) < 4.78 is 21.9. The number of rotatable bonds is 15. The number of ketones is 1. The molecule has 0 atom stereocenters. The maximum Gasteiger partial charge on any atom is 0.135 e. The van der Waals surface area contributed by atoms with Crippen LogP contribution < -0.4 is 0 Å². The zero-order valence-corrected chi connectivity index (χ0v) is 16.3. The van der Waals surface area contributed by atoms with Crippen molar-refractivity contribution in [3.05, 3.63) is 0 Å². The first-order valence-corrected chi connectivity index (χ1v) is 9.73. The molecule has 1 rings (SSSR count). The highest BCUT2D eigenvalue weighted by Crippen LogP contribution is 2.18. The summed E-state index contributed by atoms with van der Waals surface area (Å²) in [7, 11) is 0. The molecule has 6 heteroatoms. The van der Waals surface area contributed by atoms with Gasteiger partial charge in [-0.05, 0) is 39.8 Å². The minimum Gasteiger partial charge on any atom is -0.378 e. The number of nitrogens with zero attached hydrogens (tertiary/aromatic N) is 1. The zero-order valence-electron chi connectivity index (χ0n) is 16.3. The summed E-state index contributed by atoms with van der Waals surface area (Å²) in [5, 5.41) is 0. The molecule has 0 aromatic carbocycles. The number of ether oxygens (including phenoxy) is 4. The zero-order chi connectivity index (χ0) is 18.3. The van der Waals surface area contributed by atoms with Crippen LogP contribution in [0.25, 0.3) is 0 Å². The molecule has 6 nitrogen and oxygen atoms in total. The lowest BCUT2D eigenvalue weighted by atomic mass is 9.91. The van der Waals surface area contributed by atoms with Crippen LogP contribution >= 0.6 is 0 Å². The first-order valence-electron chi connectivity index (χ1n) is 9.73. The van der Waals surface area contributed by atoms with Crippen LogP contribution in [0.3, 0.4) is 0 Å². The Hall–Kier alpha value is -0.530. The van der Waals surface area contributed by atoms with Gasteiger partial charge in [0.05, 0.1) is 52.4 Å². The molecule has 0 bridgehead atoms. The summed E-state index contributed by atoms with van der Waals surface area (Å²) in [6.07, 6.45) is 2.92. The molecule has 25 heavy (non-hydrogen) atoms. The third-order valence-electron chi connectivity index (χ3n) is 4.37. The molecule has 1 aliphatic rings. The number of hydrogen-bond donors (Lipinski definition) is 0. The molecule has 0 aromatic heterocycles. The Morgan fingerprint density at radius 1 is 0.920 bits per heavy atom. The smallest absolute Gasteiger partial charge is 0.135 e. The third-order valence-corrected chi connectivity index (χ3v) is 4.37. The van der Waals surface area contributed by atoms with Crippen LogP contribution in [0.2, 0.25) is 0 Å². The molecule has 0 aromatic rings. The molecule has 0 unspecified atom stereocenters. The fourth-order valence-corrected chi connectivity index (χ4v) is 2.85. The van der Waals surface area contributed by atoms with Gasteiger partial charge in [0.25, 0.3) is 0 Å². The molecule has 0 saturated carbocycles. The lowest BCUT2D eigenvalue weighted by Gasteiger charge is -2.30. The van der Waals surface area contributed by atoms with Gasteiger partial charge in [0, 0.05) is 18.9 Å². The van der Waals surface area contributed by atoms with Crippen molar-refractivity contribution in [1.29, 1.82) is 0 Å². The van der Waals surface area contributed by atoms with Crippen molar-refractivity contribution in [3.8, 4) is 0 Å². The summed E-state index contributed by atoms with van der Waals surface area (Å²) in [5.74, 6) is 0.708. The van der Waals surface area contributed by atoms with E-state index in [0.29, 0.717) is 51.8 Å². The quantitative estimate of drug-likeness (QED) is 0.418. The van der Waals surface area contributed by atoms with Gasteiger partial charge < -0.3 is 23.8 Å². The normalized spacial score (nSPS) is 16.6. The summed E-state index contributed by atoms with van der Waals surface area (Å²) in [5.41, 5.74) is 0. The molecule has 1 fully saturated rings. The second-order valence-electron chi connectivity index (χ2n) is 6.69. The number of piperidine rings is 1. The molecular formula is C19H37NO5. The Balaban J connectivity index is 1.81. The molecule has 1 heterocycles. The summed E-state index contributed by atoms with van der Waals surface area (Å²) in [4.78, 5) is 14.1. The van der Waals surface area contributed by atoms with E-state index in [2.05, 4.69) is 4.90 Å². The molecule has 0 spiro atoms. The van der Waals surface area contributed by atoms with E-state index >= 15 is 0 Å². The monoisotopic (exact) mass is 359 g/mol. The highest BCUT2D eigenvalue weighted by molar-refractivity contribution is 5.80. The van der Waals surface area contributed by atoms with Crippen LogP contribution in [0.1, 0.15) is 40.0 Å². The Bertz CT molecular complexity index is 330. The molecule has 148 valence electrons. The van der Waals surface area contributed by atoms with E-state index in [1.807, 2.05) is 20.8 Å². The Morgan fingerprint density at radius 3 is 1.96 bits per heavy atom. The highest BCUT2D eigenvalue weighted by atomic mass is 16.6. The molecule has 0 amide bonds. The van der Waals surface area contributed by atoms with Gasteiger partial charge in [-0.3, -0.25) is 4.79 Å². The molecular weight excluding hydrogens is 322 g/mol. The third kappa shape index (κ3) is 11.7. The van der Waals surface area contributed by atoms with E-state index in [4.69, 9.17) is 18.9 Å². The number of carbonyl (C=O) groups excluding carboxylic acids is 1. The van der Waals surface area contributed by atoms with Gasteiger partial charge in [0.15, 0.2) is 0 Å². The van der Waals surface area contributed by atoms with Crippen LogP contribution in [-0.4, -0.2) is 82.7 Å². The van der Waals surface area contributed by atoms with Gasteiger partial charge in [0.2, 0.25) is 0 Å². The number of Topliss-reactive ketones (excluding diaryl/α,β-unsaturated/α-hetero) is 1.